The minimum atomic E-state index is -0.419. The third-order valence-electron chi connectivity index (χ3n) is 2.39. The zero-order chi connectivity index (χ0) is 12.1. The number of rotatable bonds is 4. The van der Waals surface area contributed by atoms with Crippen molar-refractivity contribution in [1.29, 1.82) is 0 Å². The third-order valence-corrected chi connectivity index (χ3v) is 2.39. The Labute approximate surface area is 95.8 Å². The summed E-state index contributed by atoms with van der Waals surface area (Å²) in [6.45, 7) is 6.73. The molecular weight excluding hydrogens is 205 g/mol. The molecule has 0 heterocycles. The molecule has 1 aromatic rings. The van der Waals surface area contributed by atoms with Crippen LogP contribution in [0.4, 0.5) is 4.39 Å². The first-order valence-electron chi connectivity index (χ1n) is 5.36. The van der Waals surface area contributed by atoms with Crippen molar-refractivity contribution < 1.29 is 9.50 Å². The molecule has 0 bridgehead atoms. The molecule has 3 heteroatoms. The van der Waals surface area contributed by atoms with Crippen LogP contribution in [0.1, 0.15) is 32.4 Å². The molecule has 0 aliphatic rings. The van der Waals surface area contributed by atoms with Gasteiger partial charge in [-0.05, 0) is 26.8 Å². The van der Waals surface area contributed by atoms with Gasteiger partial charge in [-0.1, -0.05) is 17.7 Å². The third kappa shape index (κ3) is 3.66. The monoisotopic (exact) mass is 223 g/mol. The Hall–Kier alpha value is -1.35. The first-order valence-corrected chi connectivity index (χ1v) is 5.36. The van der Waals surface area contributed by atoms with E-state index in [1.807, 2.05) is 20.8 Å². The van der Waals surface area contributed by atoms with Crippen LogP contribution in [0.2, 0.25) is 0 Å². The molecule has 1 aromatic carbocycles. The molecule has 0 radical (unpaired) electrons. The van der Waals surface area contributed by atoms with Crippen molar-refractivity contribution >= 4 is 0 Å². The molecule has 0 aliphatic carbocycles. The molecule has 0 amide bonds. The summed E-state index contributed by atoms with van der Waals surface area (Å²) in [5.74, 6) is -0.421. The normalized spacial score (nSPS) is 12.2. The van der Waals surface area contributed by atoms with E-state index in [1.165, 1.54) is 11.6 Å². The molecule has 0 aliphatic heterocycles. The highest BCUT2D eigenvalue weighted by molar-refractivity contribution is 5.34. The molecule has 1 unspecified atom stereocenters. The van der Waals surface area contributed by atoms with Gasteiger partial charge in [0.15, 0.2) is 0 Å². The zero-order valence-electron chi connectivity index (χ0n) is 9.92. The van der Waals surface area contributed by atoms with Crippen molar-refractivity contribution in [2.75, 3.05) is 6.54 Å². The lowest BCUT2D eigenvalue weighted by molar-refractivity contribution is 0.450. The van der Waals surface area contributed by atoms with Crippen LogP contribution < -0.4 is 5.32 Å². The number of nitrogens with one attached hydrogen (secondary N) is 1. The van der Waals surface area contributed by atoms with Crippen molar-refractivity contribution in [2.24, 2.45) is 0 Å². The number of phenolic OH excluding ortho intramolecular Hbond substituents is 1. The van der Waals surface area contributed by atoms with Gasteiger partial charge in [-0.3, -0.25) is 0 Å². The SMILES string of the molecule is CC(C)=CCNC(C)c1ccc(F)cc1O. The topological polar surface area (TPSA) is 32.3 Å². The fourth-order valence-electron chi connectivity index (χ4n) is 1.43. The maximum absolute atomic E-state index is 12.8. The highest BCUT2D eigenvalue weighted by Crippen LogP contribution is 2.24. The van der Waals surface area contributed by atoms with Gasteiger partial charge in [-0.2, -0.15) is 0 Å². The number of phenols is 1. The largest absolute Gasteiger partial charge is 0.508 e. The molecule has 0 saturated heterocycles. The predicted octanol–water partition coefficient (Wildman–Crippen LogP) is 3.15. The van der Waals surface area contributed by atoms with E-state index < -0.39 is 5.82 Å². The standard InChI is InChI=1S/C13H18FNO/c1-9(2)6-7-15-10(3)12-5-4-11(14)8-13(12)16/h4-6,8,10,15-16H,7H2,1-3H3. The van der Waals surface area contributed by atoms with Crippen LogP contribution in [0.25, 0.3) is 0 Å². The smallest absolute Gasteiger partial charge is 0.126 e. The van der Waals surface area contributed by atoms with Gasteiger partial charge in [0, 0.05) is 24.2 Å². The lowest BCUT2D eigenvalue weighted by Gasteiger charge is -2.14. The maximum atomic E-state index is 12.8. The fraction of sp³-hybridized carbons (Fsp3) is 0.385. The molecule has 0 aromatic heterocycles. The van der Waals surface area contributed by atoms with Crippen LogP contribution in [0.3, 0.4) is 0 Å². The van der Waals surface area contributed by atoms with Crippen molar-refractivity contribution in [1.82, 2.24) is 5.32 Å². The number of hydrogen-bond donors (Lipinski definition) is 2. The number of hydrogen-bond acceptors (Lipinski definition) is 2. The summed E-state index contributed by atoms with van der Waals surface area (Å²) in [6, 6.07) is 4.09. The van der Waals surface area contributed by atoms with Crippen LogP contribution in [-0.4, -0.2) is 11.7 Å². The van der Waals surface area contributed by atoms with Crippen LogP contribution >= 0.6 is 0 Å². The van der Waals surface area contributed by atoms with E-state index in [1.54, 1.807) is 6.07 Å². The van der Waals surface area contributed by atoms with E-state index in [-0.39, 0.29) is 11.8 Å². The first kappa shape index (κ1) is 12.7. The van der Waals surface area contributed by atoms with E-state index in [0.29, 0.717) is 5.56 Å². The molecule has 0 saturated carbocycles. The second kappa shape index (κ2) is 5.66. The highest BCUT2D eigenvalue weighted by Gasteiger charge is 2.09. The van der Waals surface area contributed by atoms with Crippen LogP contribution in [0, 0.1) is 5.82 Å². The number of halogens is 1. The second-order valence-corrected chi connectivity index (χ2v) is 4.11. The molecular formula is C13H18FNO. The molecule has 16 heavy (non-hydrogen) atoms. The van der Waals surface area contributed by atoms with Gasteiger partial charge in [-0.15, -0.1) is 0 Å². The molecule has 0 spiro atoms. The van der Waals surface area contributed by atoms with E-state index in [2.05, 4.69) is 11.4 Å². The second-order valence-electron chi connectivity index (χ2n) is 4.11. The highest BCUT2D eigenvalue weighted by atomic mass is 19.1. The molecule has 2 nitrogen and oxygen atoms in total. The van der Waals surface area contributed by atoms with E-state index >= 15 is 0 Å². The molecule has 88 valence electrons. The first-order chi connectivity index (χ1) is 7.50. The zero-order valence-corrected chi connectivity index (χ0v) is 9.92. The minimum absolute atomic E-state index is 0.00259. The summed E-state index contributed by atoms with van der Waals surface area (Å²) < 4.78 is 12.8. The maximum Gasteiger partial charge on any atom is 0.126 e. The fourth-order valence-corrected chi connectivity index (χ4v) is 1.43. The molecule has 0 fully saturated rings. The van der Waals surface area contributed by atoms with Crippen LogP contribution in [0.15, 0.2) is 29.8 Å². The minimum Gasteiger partial charge on any atom is -0.508 e. The summed E-state index contributed by atoms with van der Waals surface area (Å²) in [5, 5.41) is 12.8. The predicted molar refractivity (Wildman–Crippen MR) is 63.9 cm³/mol. The lowest BCUT2D eigenvalue weighted by atomic mass is 10.1. The molecule has 2 N–H and O–H groups in total. The van der Waals surface area contributed by atoms with Crippen molar-refractivity contribution in [3.8, 4) is 5.75 Å². The summed E-state index contributed by atoms with van der Waals surface area (Å²) >= 11 is 0. The Morgan fingerprint density at radius 3 is 2.75 bits per heavy atom. The van der Waals surface area contributed by atoms with Gasteiger partial charge in [0.1, 0.15) is 11.6 Å². The van der Waals surface area contributed by atoms with Gasteiger partial charge in [0.2, 0.25) is 0 Å². The average Bonchev–Trinajstić information content (AvgIpc) is 2.16. The lowest BCUT2D eigenvalue weighted by Crippen LogP contribution is -2.18. The molecule has 1 atom stereocenters. The Balaban J connectivity index is 2.66. The Kier molecular flexibility index (Phi) is 4.50. The van der Waals surface area contributed by atoms with E-state index in [9.17, 15) is 9.50 Å². The summed E-state index contributed by atoms with van der Waals surface area (Å²) in [6.07, 6.45) is 2.07. The van der Waals surface area contributed by atoms with Gasteiger partial charge in [0.05, 0.1) is 0 Å². The van der Waals surface area contributed by atoms with Gasteiger partial charge < -0.3 is 10.4 Å². The van der Waals surface area contributed by atoms with Crippen molar-refractivity contribution in [3.05, 3.63) is 41.2 Å². The van der Waals surface area contributed by atoms with Crippen molar-refractivity contribution in [2.45, 2.75) is 26.8 Å². The molecule has 1 rings (SSSR count). The Morgan fingerprint density at radius 2 is 2.19 bits per heavy atom. The number of benzene rings is 1. The van der Waals surface area contributed by atoms with E-state index in [4.69, 9.17) is 0 Å². The quantitative estimate of drug-likeness (QED) is 0.768. The summed E-state index contributed by atoms with van der Waals surface area (Å²) in [5.41, 5.74) is 1.95. The van der Waals surface area contributed by atoms with E-state index in [0.717, 1.165) is 12.6 Å². The van der Waals surface area contributed by atoms with Crippen molar-refractivity contribution in [3.63, 3.8) is 0 Å². The van der Waals surface area contributed by atoms with Gasteiger partial charge in [0.25, 0.3) is 0 Å². The van der Waals surface area contributed by atoms with Crippen LogP contribution in [0.5, 0.6) is 5.75 Å². The Morgan fingerprint density at radius 1 is 1.50 bits per heavy atom. The van der Waals surface area contributed by atoms with Gasteiger partial charge >= 0.3 is 0 Å². The number of aromatic hydroxyl groups is 1. The number of allylic oxidation sites excluding steroid dienone is 1. The Bertz CT molecular complexity index is 384. The van der Waals surface area contributed by atoms with Gasteiger partial charge in [-0.25, -0.2) is 4.39 Å². The average molecular weight is 223 g/mol. The van der Waals surface area contributed by atoms with Crippen LogP contribution in [-0.2, 0) is 0 Å². The summed E-state index contributed by atoms with van der Waals surface area (Å²) in [7, 11) is 0. The summed E-state index contributed by atoms with van der Waals surface area (Å²) in [4.78, 5) is 0.